The number of hydrogen-bond acceptors (Lipinski definition) is 1. The third-order valence-electron chi connectivity index (χ3n) is 2.59. The summed E-state index contributed by atoms with van der Waals surface area (Å²) in [5.74, 6) is 0. The van der Waals surface area contributed by atoms with E-state index < -0.39 is 0 Å². The summed E-state index contributed by atoms with van der Waals surface area (Å²) in [6, 6.07) is 0. The van der Waals surface area contributed by atoms with E-state index in [1.165, 1.54) is 17.0 Å². The number of rotatable bonds is 4. The Kier molecular flexibility index (Phi) is 6.47. The van der Waals surface area contributed by atoms with Gasteiger partial charge in [-0.1, -0.05) is 17.7 Å². The van der Waals surface area contributed by atoms with E-state index >= 15 is 0 Å². The van der Waals surface area contributed by atoms with Crippen molar-refractivity contribution in [3.05, 3.63) is 35.6 Å². The lowest BCUT2D eigenvalue weighted by Gasteiger charge is -2.11. The molecule has 0 aliphatic rings. The highest BCUT2D eigenvalue weighted by Crippen LogP contribution is 2.01. The van der Waals surface area contributed by atoms with Crippen LogP contribution in [0.25, 0.3) is 0 Å². The number of nitrogens with zero attached hydrogens (tertiary/aromatic N) is 2. The SMILES string of the molecule is CC(/C=C/C(C)=C/C=C(\C)N(C)C)=[N+](C)C. The highest BCUT2D eigenvalue weighted by Gasteiger charge is 1.92. The Morgan fingerprint density at radius 1 is 0.938 bits per heavy atom. The van der Waals surface area contributed by atoms with Crippen molar-refractivity contribution in [1.29, 1.82) is 0 Å². The van der Waals surface area contributed by atoms with Crippen LogP contribution in [0, 0.1) is 0 Å². The first kappa shape index (κ1) is 14.7. The predicted molar refractivity (Wildman–Crippen MR) is 73.1 cm³/mol. The number of hydrogen-bond donors (Lipinski definition) is 0. The lowest BCUT2D eigenvalue weighted by Crippen LogP contribution is -2.07. The van der Waals surface area contributed by atoms with Crippen molar-refractivity contribution in [2.75, 3.05) is 28.2 Å². The zero-order valence-electron chi connectivity index (χ0n) is 11.7. The average molecular weight is 221 g/mol. The Morgan fingerprint density at radius 2 is 1.50 bits per heavy atom. The maximum Gasteiger partial charge on any atom is 0.172 e. The smallest absolute Gasteiger partial charge is 0.172 e. The topological polar surface area (TPSA) is 6.25 Å². The lowest BCUT2D eigenvalue weighted by atomic mass is 10.2. The molecule has 0 aromatic heterocycles. The molecule has 16 heavy (non-hydrogen) atoms. The monoisotopic (exact) mass is 221 g/mol. The molecule has 0 aromatic rings. The molecule has 2 heteroatoms. The molecule has 90 valence electrons. The van der Waals surface area contributed by atoms with Crippen LogP contribution in [0.15, 0.2) is 35.6 Å². The number of allylic oxidation sites excluding steroid dienone is 6. The minimum absolute atomic E-state index is 1.25. The molecule has 0 aromatic carbocycles. The van der Waals surface area contributed by atoms with Crippen molar-refractivity contribution in [1.82, 2.24) is 4.90 Å². The summed E-state index contributed by atoms with van der Waals surface area (Å²) in [5, 5.41) is 0. The third-order valence-corrected chi connectivity index (χ3v) is 2.59. The van der Waals surface area contributed by atoms with Gasteiger partial charge in [0.15, 0.2) is 5.71 Å². The molecule has 0 amide bonds. The molecule has 0 spiro atoms. The van der Waals surface area contributed by atoms with E-state index in [0.29, 0.717) is 0 Å². The molecule has 0 N–H and O–H groups in total. The summed E-state index contributed by atoms with van der Waals surface area (Å²) in [4.78, 5) is 2.10. The van der Waals surface area contributed by atoms with Crippen LogP contribution in [0.2, 0.25) is 0 Å². The molecular formula is C14H25N2+. The van der Waals surface area contributed by atoms with Crippen LogP contribution >= 0.6 is 0 Å². The molecule has 2 nitrogen and oxygen atoms in total. The fourth-order valence-corrected chi connectivity index (χ4v) is 0.858. The Balaban J connectivity index is 4.60. The molecule has 0 saturated carbocycles. The van der Waals surface area contributed by atoms with Crippen LogP contribution in [0.3, 0.4) is 0 Å². The first-order valence-electron chi connectivity index (χ1n) is 5.56. The highest BCUT2D eigenvalue weighted by molar-refractivity contribution is 5.88. The Morgan fingerprint density at radius 3 is 1.94 bits per heavy atom. The van der Waals surface area contributed by atoms with Crippen LogP contribution < -0.4 is 0 Å². The van der Waals surface area contributed by atoms with Crippen molar-refractivity contribution in [2.24, 2.45) is 0 Å². The molecule has 0 rings (SSSR count). The molecule has 0 atom stereocenters. The molecule has 0 radical (unpaired) electrons. The first-order chi connectivity index (χ1) is 7.34. The van der Waals surface area contributed by atoms with E-state index in [4.69, 9.17) is 0 Å². The van der Waals surface area contributed by atoms with Crippen molar-refractivity contribution >= 4 is 5.71 Å². The highest BCUT2D eigenvalue weighted by atomic mass is 15.1. The molecule has 0 fully saturated rings. The van der Waals surface area contributed by atoms with Crippen molar-refractivity contribution in [3.63, 3.8) is 0 Å². The maximum absolute atomic E-state index is 2.13. The zero-order chi connectivity index (χ0) is 12.7. The van der Waals surface area contributed by atoms with Gasteiger partial charge in [0.25, 0.3) is 0 Å². The van der Waals surface area contributed by atoms with Gasteiger partial charge in [-0.15, -0.1) is 0 Å². The fraction of sp³-hybridized carbons (Fsp3) is 0.500. The van der Waals surface area contributed by atoms with E-state index in [9.17, 15) is 0 Å². The summed E-state index contributed by atoms with van der Waals surface area (Å²) in [7, 11) is 8.20. The van der Waals surface area contributed by atoms with E-state index in [0.717, 1.165) is 0 Å². The van der Waals surface area contributed by atoms with Crippen molar-refractivity contribution < 1.29 is 4.58 Å². The van der Waals surface area contributed by atoms with Gasteiger partial charge < -0.3 is 4.90 Å². The molecule has 0 aliphatic carbocycles. The molecular weight excluding hydrogens is 196 g/mol. The van der Waals surface area contributed by atoms with Crippen molar-refractivity contribution in [2.45, 2.75) is 20.8 Å². The first-order valence-corrected chi connectivity index (χ1v) is 5.56. The van der Waals surface area contributed by atoms with E-state index in [2.05, 4.69) is 82.7 Å². The van der Waals surface area contributed by atoms with Gasteiger partial charge >= 0.3 is 0 Å². The van der Waals surface area contributed by atoms with Gasteiger partial charge in [0.1, 0.15) is 14.1 Å². The van der Waals surface area contributed by atoms with Gasteiger partial charge in [0.05, 0.1) is 0 Å². The van der Waals surface area contributed by atoms with Gasteiger partial charge in [0, 0.05) is 32.8 Å². The van der Waals surface area contributed by atoms with E-state index in [-0.39, 0.29) is 0 Å². The van der Waals surface area contributed by atoms with Gasteiger partial charge in [-0.2, -0.15) is 0 Å². The Labute approximate surface area is 100 Å². The molecule has 0 aliphatic heterocycles. The molecule has 0 heterocycles. The summed E-state index contributed by atoms with van der Waals surface area (Å²) >= 11 is 0. The Bertz CT molecular complexity index is 338. The Hall–Kier alpha value is -1.31. The minimum atomic E-state index is 1.25. The average Bonchev–Trinajstić information content (AvgIpc) is 2.21. The van der Waals surface area contributed by atoms with Crippen molar-refractivity contribution in [3.8, 4) is 0 Å². The quantitative estimate of drug-likeness (QED) is 0.402. The second-order valence-electron chi connectivity index (χ2n) is 4.48. The summed E-state index contributed by atoms with van der Waals surface area (Å²) in [6.45, 7) is 6.31. The van der Waals surface area contributed by atoms with Gasteiger partial charge in [-0.25, -0.2) is 4.58 Å². The zero-order valence-corrected chi connectivity index (χ0v) is 11.7. The molecule has 0 unspecified atom stereocenters. The lowest BCUT2D eigenvalue weighted by molar-refractivity contribution is -0.464. The predicted octanol–water partition coefficient (Wildman–Crippen LogP) is 2.69. The maximum atomic E-state index is 2.13. The largest absolute Gasteiger partial charge is 0.381 e. The van der Waals surface area contributed by atoms with E-state index in [1.807, 2.05) is 0 Å². The molecule has 0 saturated heterocycles. The summed E-state index contributed by atoms with van der Waals surface area (Å²) in [6.07, 6.45) is 8.53. The summed E-state index contributed by atoms with van der Waals surface area (Å²) in [5.41, 5.74) is 3.75. The van der Waals surface area contributed by atoms with E-state index in [1.54, 1.807) is 0 Å². The van der Waals surface area contributed by atoms with Gasteiger partial charge in [-0.3, -0.25) is 0 Å². The standard InChI is InChI=1S/C14H25N2/c1-12(8-10-13(2)15(4)5)9-11-14(3)16(6)7/h8-11H,1-7H3/q+1. The normalized spacial score (nSPS) is 13.2. The molecule has 0 bridgehead atoms. The van der Waals surface area contributed by atoms with Gasteiger partial charge in [0.2, 0.25) is 0 Å². The fourth-order valence-electron chi connectivity index (χ4n) is 0.858. The van der Waals surface area contributed by atoms with Crippen LogP contribution in [0.1, 0.15) is 20.8 Å². The third kappa shape index (κ3) is 6.23. The minimum Gasteiger partial charge on any atom is -0.381 e. The second-order valence-corrected chi connectivity index (χ2v) is 4.48. The second kappa shape index (κ2) is 7.04. The van der Waals surface area contributed by atoms with Gasteiger partial charge in [-0.05, 0) is 19.9 Å². The summed E-state index contributed by atoms with van der Waals surface area (Å²) < 4.78 is 2.10. The van der Waals surface area contributed by atoms with Crippen LogP contribution in [-0.2, 0) is 0 Å². The van der Waals surface area contributed by atoms with Crippen LogP contribution in [0.4, 0.5) is 0 Å². The van der Waals surface area contributed by atoms with Crippen LogP contribution in [0.5, 0.6) is 0 Å². The van der Waals surface area contributed by atoms with Crippen LogP contribution in [-0.4, -0.2) is 43.4 Å².